The summed E-state index contributed by atoms with van der Waals surface area (Å²) in [5.41, 5.74) is 1.22. The minimum Gasteiger partial charge on any atom is -0.486 e. The van der Waals surface area contributed by atoms with Gasteiger partial charge in [-0.1, -0.05) is 11.2 Å². The van der Waals surface area contributed by atoms with Crippen LogP contribution in [0.2, 0.25) is 0 Å². The first-order chi connectivity index (χ1) is 10.8. The molecule has 2 aromatic rings. The summed E-state index contributed by atoms with van der Waals surface area (Å²) in [6.45, 7) is 4.97. The number of ether oxygens (including phenoxy) is 2. The first-order valence-electron chi connectivity index (χ1n) is 7.72. The second-order valence-electron chi connectivity index (χ2n) is 5.78. The van der Waals surface area contributed by atoms with Gasteiger partial charge in [0, 0.05) is 13.5 Å². The number of hydrogen-bond donors (Lipinski definition) is 0. The Kier molecular flexibility index (Phi) is 3.46. The van der Waals surface area contributed by atoms with Crippen LogP contribution in [0, 0.1) is 6.92 Å². The second kappa shape index (κ2) is 5.61. The van der Waals surface area contributed by atoms with Gasteiger partial charge in [-0.15, -0.1) is 0 Å². The molecule has 116 valence electrons. The van der Waals surface area contributed by atoms with Gasteiger partial charge in [-0.3, -0.25) is 4.90 Å². The molecule has 0 unspecified atom stereocenters. The molecular formula is C16H19N3O3. The molecule has 0 bridgehead atoms. The number of nitrogens with zero attached hydrogens (tertiary/aromatic N) is 3. The van der Waals surface area contributed by atoms with Gasteiger partial charge in [-0.05, 0) is 37.1 Å². The zero-order valence-corrected chi connectivity index (χ0v) is 12.6. The first-order valence-corrected chi connectivity index (χ1v) is 7.72. The van der Waals surface area contributed by atoms with Crippen molar-refractivity contribution in [2.24, 2.45) is 0 Å². The quantitative estimate of drug-likeness (QED) is 0.868. The molecule has 0 N–H and O–H groups in total. The smallest absolute Gasteiger partial charge is 0.223 e. The Morgan fingerprint density at radius 2 is 2.09 bits per heavy atom. The molecule has 2 aliphatic heterocycles. The molecule has 22 heavy (non-hydrogen) atoms. The molecule has 0 aliphatic carbocycles. The first kappa shape index (κ1) is 13.6. The van der Waals surface area contributed by atoms with Crippen LogP contribution in [0.3, 0.4) is 0 Å². The van der Waals surface area contributed by atoms with Crippen molar-refractivity contribution in [2.75, 3.05) is 19.8 Å². The van der Waals surface area contributed by atoms with E-state index in [1.165, 1.54) is 5.56 Å². The third kappa shape index (κ3) is 2.54. The maximum Gasteiger partial charge on any atom is 0.223 e. The summed E-state index contributed by atoms with van der Waals surface area (Å²) in [5.74, 6) is 3.10. The molecule has 1 aromatic heterocycles. The normalized spacial score (nSPS) is 21.2. The molecule has 1 fully saturated rings. The highest BCUT2D eigenvalue weighted by atomic mass is 16.6. The lowest BCUT2D eigenvalue weighted by Gasteiger charge is -2.23. The van der Waals surface area contributed by atoms with Crippen molar-refractivity contribution in [3.05, 3.63) is 35.5 Å². The average Bonchev–Trinajstić information content (AvgIpc) is 3.16. The van der Waals surface area contributed by atoms with Crippen LogP contribution in [0.4, 0.5) is 0 Å². The Hall–Kier alpha value is -2.08. The summed E-state index contributed by atoms with van der Waals surface area (Å²) in [5, 5.41) is 4.09. The van der Waals surface area contributed by atoms with Crippen molar-refractivity contribution < 1.29 is 14.0 Å². The largest absolute Gasteiger partial charge is 0.486 e. The van der Waals surface area contributed by atoms with Crippen LogP contribution in [0.15, 0.2) is 22.7 Å². The highest BCUT2D eigenvalue weighted by Crippen LogP contribution is 2.34. The van der Waals surface area contributed by atoms with Gasteiger partial charge in [-0.2, -0.15) is 4.98 Å². The fourth-order valence-corrected chi connectivity index (χ4v) is 3.18. The van der Waals surface area contributed by atoms with E-state index in [1.54, 1.807) is 0 Å². The summed E-state index contributed by atoms with van der Waals surface area (Å²) in [4.78, 5) is 6.79. The van der Waals surface area contributed by atoms with E-state index < -0.39 is 0 Å². The number of hydrogen-bond acceptors (Lipinski definition) is 6. The third-order valence-electron chi connectivity index (χ3n) is 4.20. The molecule has 4 rings (SSSR count). The number of fused-ring (bicyclic) bond motifs is 1. The van der Waals surface area contributed by atoms with Crippen molar-refractivity contribution >= 4 is 0 Å². The SMILES string of the molecule is Cc1nc([C@H]2CCCN2Cc2ccc3c(c2)OCCO3)no1. The van der Waals surface area contributed by atoms with Gasteiger partial charge in [-0.25, -0.2) is 0 Å². The maximum atomic E-state index is 5.66. The second-order valence-corrected chi connectivity index (χ2v) is 5.78. The molecule has 1 atom stereocenters. The molecule has 6 heteroatoms. The fraction of sp³-hybridized carbons (Fsp3) is 0.500. The lowest BCUT2D eigenvalue weighted by molar-refractivity contribution is 0.170. The van der Waals surface area contributed by atoms with E-state index in [1.807, 2.05) is 13.0 Å². The average molecular weight is 301 g/mol. The van der Waals surface area contributed by atoms with Gasteiger partial charge in [0.1, 0.15) is 13.2 Å². The molecule has 3 heterocycles. The highest BCUT2D eigenvalue weighted by molar-refractivity contribution is 5.43. The van der Waals surface area contributed by atoms with Crippen LogP contribution < -0.4 is 9.47 Å². The molecule has 0 saturated carbocycles. The minimum atomic E-state index is 0.241. The molecule has 0 spiro atoms. The van der Waals surface area contributed by atoms with Gasteiger partial charge in [0.2, 0.25) is 5.89 Å². The zero-order valence-electron chi connectivity index (χ0n) is 12.6. The van der Waals surface area contributed by atoms with Crippen molar-refractivity contribution in [2.45, 2.75) is 32.4 Å². The number of aryl methyl sites for hydroxylation is 1. The van der Waals surface area contributed by atoms with E-state index in [9.17, 15) is 0 Å². The van der Waals surface area contributed by atoms with Crippen molar-refractivity contribution in [3.8, 4) is 11.5 Å². The van der Waals surface area contributed by atoms with Gasteiger partial charge in [0.15, 0.2) is 17.3 Å². The predicted molar refractivity (Wildman–Crippen MR) is 78.9 cm³/mol. The Morgan fingerprint density at radius 3 is 2.91 bits per heavy atom. The van der Waals surface area contributed by atoms with Crippen LogP contribution in [0.1, 0.15) is 36.2 Å². The monoisotopic (exact) mass is 301 g/mol. The van der Waals surface area contributed by atoms with Gasteiger partial charge in [0.05, 0.1) is 6.04 Å². The molecule has 0 amide bonds. The number of benzene rings is 1. The predicted octanol–water partition coefficient (Wildman–Crippen LogP) is 2.49. The van der Waals surface area contributed by atoms with Crippen molar-refractivity contribution in [1.82, 2.24) is 15.0 Å². The molecule has 1 aromatic carbocycles. The van der Waals surface area contributed by atoms with E-state index >= 15 is 0 Å². The van der Waals surface area contributed by atoms with Crippen LogP contribution in [-0.2, 0) is 6.54 Å². The van der Waals surface area contributed by atoms with Crippen LogP contribution in [0.25, 0.3) is 0 Å². The number of aromatic nitrogens is 2. The van der Waals surface area contributed by atoms with E-state index in [2.05, 4.69) is 27.2 Å². The molecule has 6 nitrogen and oxygen atoms in total. The Bertz CT molecular complexity index is 670. The zero-order chi connectivity index (χ0) is 14.9. The molecule has 2 aliphatic rings. The highest BCUT2D eigenvalue weighted by Gasteiger charge is 2.29. The lowest BCUT2D eigenvalue weighted by Crippen LogP contribution is -2.24. The Labute approximate surface area is 129 Å². The molecule has 0 radical (unpaired) electrons. The standard InChI is InChI=1S/C16H19N3O3/c1-11-17-16(18-22-11)13-3-2-6-19(13)10-12-4-5-14-15(9-12)21-8-7-20-14/h4-5,9,13H,2-3,6-8,10H2,1H3/t13-/m1/s1. The van der Waals surface area contributed by atoms with Crippen LogP contribution in [-0.4, -0.2) is 34.8 Å². The number of likely N-dealkylation sites (tertiary alicyclic amines) is 1. The summed E-state index contributed by atoms with van der Waals surface area (Å²) in [6, 6.07) is 6.41. The van der Waals surface area contributed by atoms with Crippen molar-refractivity contribution in [1.29, 1.82) is 0 Å². The van der Waals surface area contributed by atoms with E-state index in [-0.39, 0.29) is 6.04 Å². The van der Waals surface area contributed by atoms with Gasteiger partial charge >= 0.3 is 0 Å². The summed E-state index contributed by atoms with van der Waals surface area (Å²) < 4.78 is 16.4. The Balaban J connectivity index is 1.52. The van der Waals surface area contributed by atoms with Crippen LogP contribution in [0.5, 0.6) is 11.5 Å². The molecule has 1 saturated heterocycles. The van der Waals surface area contributed by atoms with Crippen LogP contribution >= 0.6 is 0 Å². The summed E-state index contributed by atoms with van der Waals surface area (Å²) >= 11 is 0. The Morgan fingerprint density at radius 1 is 1.23 bits per heavy atom. The van der Waals surface area contributed by atoms with Crippen molar-refractivity contribution in [3.63, 3.8) is 0 Å². The topological polar surface area (TPSA) is 60.6 Å². The maximum absolute atomic E-state index is 5.66. The number of rotatable bonds is 3. The lowest BCUT2D eigenvalue weighted by atomic mass is 10.1. The van der Waals surface area contributed by atoms with Gasteiger partial charge in [0.25, 0.3) is 0 Å². The van der Waals surface area contributed by atoms with Gasteiger partial charge < -0.3 is 14.0 Å². The summed E-state index contributed by atoms with van der Waals surface area (Å²) in [7, 11) is 0. The molecular weight excluding hydrogens is 282 g/mol. The minimum absolute atomic E-state index is 0.241. The fourth-order valence-electron chi connectivity index (χ4n) is 3.18. The summed E-state index contributed by atoms with van der Waals surface area (Å²) in [6.07, 6.45) is 2.23. The third-order valence-corrected chi connectivity index (χ3v) is 4.20. The van der Waals surface area contributed by atoms with E-state index in [0.717, 1.165) is 43.3 Å². The van der Waals surface area contributed by atoms with E-state index in [0.29, 0.717) is 19.1 Å². The van der Waals surface area contributed by atoms with E-state index in [4.69, 9.17) is 14.0 Å².